The Bertz CT molecular complexity index is 435. The molecular formula is C15H24N2O3. The SMILES string of the molecule is CCCC(C)OCCC(=O)Nc1ccc(N)cc1OC. The number of hydrogen-bond acceptors (Lipinski definition) is 4. The van der Waals surface area contributed by atoms with Crippen LogP contribution in [0, 0.1) is 0 Å². The molecule has 0 aliphatic rings. The fourth-order valence-electron chi connectivity index (χ4n) is 1.87. The Labute approximate surface area is 120 Å². The summed E-state index contributed by atoms with van der Waals surface area (Å²) in [7, 11) is 1.54. The minimum Gasteiger partial charge on any atom is -0.494 e. The van der Waals surface area contributed by atoms with Crippen molar-refractivity contribution in [3.8, 4) is 5.75 Å². The van der Waals surface area contributed by atoms with Crippen LogP contribution in [0.4, 0.5) is 11.4 Å². The number of methoxy groups -OCH3 is 1. The van der Waals surface area contributed by atoms with Crippen molar-refractivity contribution in [1.29, 1.82) is 0 Å². The second-order valence-corrected chi connectivity index (χ2v) is 4.73. The quantitative estimate of drug-likeness (QED) is 0.718. The predicted octanol–water partition coefficient (Wildman–Crippen LogP) is 2.81. The summed E-state index contributed by atoms with van der Waals surface area (Å²) in [4.78, 5) is 11.8. The molecule has 0 radical (unpaired) electrons. The average Bonchev–Trinajstić information content (AvgIpc) is 2.41. The first-order valence-corrected chi connectivity index (χ1v) is 6.91. The van der Waals surface area contributed by atoms with Crippen LogP contribution >= 0.6 is 0 Å². The van der Waals surface area contributed by atoms with Crippen LogP contribution in [0.15, 0.2) is 18.2 Å². The second-order valence-electron chi connectivity index (χ2n) is 4.73. The average molecular weight is 280 g/mol. The van der Waals surface area contributed by atoms with E-state index in [1.807, 2.05) is 6.92 Å². The highest BCUT2D eigenvalue weighted by Crippen LogP contribution is 2.26. The zero-order valence-corrected chi connectivity index (χ0v) is 12.4. The number of rotatable bonds is 8. The Morgan fingerprint density at radius 1 is 1.45 bits per heavy atom. The molecule has 0 heterocycles. The number of carbonyl (C=O) groups excluding carboxylic acids is 1. The van der Waals surface area contributed by atoms with Gasteiger partial charge in [0.05, 0.1) is 31.9 Å². The van der Waals surface area contributed by atoms with Gasteiger partial charge in [-0.05, 0) is 25.5 Å². The number of hydrogen-bond donors (Lipinski definition) is 2. The Morgan fingerprint density at radius 3 is 2.85 bits per heavy atom. The summed E-state index contributed by atoms with van der Waals surface area (Å²) in [6, 6.07) is 5.13. The van der Waals surface area contributed by atoms with E-state index in [-0.39, 0.29) is 12.0 Å². The number of carbonyl (C=O) groups is 1. The first kappa shape index (κ1) is 16.3. The Balaban J connectivity index is 2.42. The molecule has 0 saturated heterocycles. The molecule has 20 heavy (non-hydrogen) atoms. The molecule has 3 N–H and O–H groups in total. The van der Waals surface area contributed by atoms with Crippen LogP contribution in [0.25, 0.3) is 0 Å². The third kappa shape index (κ3) is 5.48. The number of benzene rings is 1. The molecule has 1 aromatic rings. The van der Waals surface area contributed by atoms with Crippen LogP contribution in [0.3, 0.4) is 0 Å². The number of nitrogen functional groups attached to an aromatic ring is 1. The lowest BCUT2D eigenvalue weighted by atomic mass is 10.2. The first-order chi connectivity index (χ1) is 9.56. The molecule has 0 aliphatic heterocycles. The maximum Gasteiger partial charge on any atom is 0.226 e. The van der Waals surface area contributed by atoms with Gasteiger partial charge < -0.3 is 20.5 Å². The van der Waals surface area contributed by atoms with E-state index in [0.717, 1.165) is 12.8 Å². The van der Waals surface area contributed by atoms with Crippen molar-refractivity contribution in [2.24, 2.45) is 0 Å². The number of nitrogens with one attached hydrogen (secondary N) is 1. The van der Waals surface area contributed by atoms with Crippen molar-refractivity contribution < 1.29 is 14.3 Å². The van der Waals surface area contributed by atoms with Gasteiger partial charge in [-0.15, -0.1) is 0 Å². The lowest BCUT2D eigenvalue weighted by Crippen LogP contribution is -2.17. The first-order valence-electron chi connectivity index (χ1n) is 6.91. The lowest BCUT2D eigenvalue weighted by Gasteiger charge is -2.13. The van der Waals surface area contributed by atoms with E-state index in [2.05, 4.69) is 12.2 Å². The van der Waals surface area contributed by atoms with Crippen LogP contribution < -0.4 is 15.8 Å². The van der Waals surface area contributed by atoms with Gasteiger partial charge in [-0.2, -0.15) is 0 Å². The van der Waals surface area contributed by atoms with E-state index in [4.69, 9.17) is 15.2 Å². The van der Waals surface area contributed by atoms with Crippen LogP contribution in [-0.4, -0.2) is 25.7 Å². The van der Waals surface area contributed by atoms with Crippen LogP contribution in [-0.2, 0) is 9.53 Å². The van der Waals surface area contributed by atoms with Gasteiger partial charge in [0, 0.05) is 11.8 Å². The third-order valence-electron chi connectivity index (χ3n) is 2.93. The number of ether oxygens (including phenoxy) is 2. The molecular weight excluding hydrogens is 256 g/mol. The molecule has 1 amide bonds. The monoisotopic (exact) mass is 280 g/mol. The molecule has 5 heteroatoms. The van der Waals surface area contributed by atoms with Crippen molar-refractivity contribution in [2.45, 2.75) is 39.2 Å². The molecule has 0 aliphatic carbocycles. The van der Waals surface area contributed by atoms with E-state index in [1.165, 1.54) is 0 Å². The van der Waals surface area contributed by atoms with Crippen molar-refractivity contribution in [3.63, 3.8) is 0 Å². The minimum absolute atomic E-state index is 0.100. The highest BCUT2D eigenvalue weighted by atomic mass is 16.5. The molecule has 112 valence electrons. The highest BCUT2D eigenvalue weighted by molar-refractivity contribution is 5.92. The van der Waals surface area contributed by atoms with Crippen LogP contribution in [0.2, 0.25) is 0 Å². The van der Waals surface area contributed by atoms with Crippen molar-refractivity contribution >= 4 is 17.3 Å². The molecule has 5 nitrogen and oxygen atoms in total. The zero-order valence-electron chi connectivity index (χ0n) is 12.4. The van der Waals surface area contributed by atoms with Gasteiger partial charge in [0.2, 0.25) is 5.91 Å². The van der Waals surface area contributed by atoms with Gasteiger partial charge in [0.25, 0.3) is 0 Å². The summed E-state index contributed by atoms with van der Waals surface area (Å²) in [6.07, 6.45) is 2.60. The fourth-order valence-corrected chi connectivity index (χ4v) is 1.87. The van der Waals surface area contributed by atoms with E-state index in [0.29, 0.717) is 30.2 Å². The summed E-state index contributed by atoms with van der Waals surface area (Å²) in [5.74, 6) is 0.454. The van der Waals surface area contributed by atoms with E-state index in [1.54, 1.807) is 25.3 Å². The highest BCUT2D eigenvalue weighted by Gasteiger charge is 2.09. The number of anilines is 2. The van der Waals surface area contributed by atoms with Crippen molar-refractivity contribution in [2.75, 3.05) is 24.8 Å². The Hall–Kier alpha value is -1.75. The summed E-state index contributed by atoms with van der Waals surface area (Å²) < 4.78 is 10.7. The van der Waals surface area contributed by atoms with Crippen LogP contribution in [0.1, 0.15) is 33.1 Å². The van der Waals surface area contributed by atoms with Crippen LogP contribution in [0.5, 0.6) is 5.75 Å². The molecule has 0 bridgehead atoms. The number of nitrogens with two attached hydrogens (primary N) is 1. The summed E-state index contributed by atoms with van der Waals surface area (Å²) in [5.41, 5.74) is 6.88. The maximum atomic E-state index is 11.8. The second kappa shape index (κ2) is 8.43. The molecule has 1 atom stereocenters. The Kier molecular flexibility index (Phi) is 6.87. The molecule has 0 saturated carbocycles. The van der Waals surface area contributed by atoms with Crippen molar-refractivity contribution in [3.05, 3.63) is 18.2 Å². The van der Waals surface area contributed by atoms with Gasteiger partial charge >= 0.3 is 0 Å². The van der Waals surface area contributed by atoms with Gasteiger partial charge in [0.15, 0.2) is 0 Å². The van der Waals surface area contributed by atoms with E-state index < -0.39 is 0 Å². The normalized spacial score (nSPS) is 11.9. The summed E-state index contributed by atoms with van der Waals surface area (Å²) in [6.45, 7) is 4.55. The van der Waals surface area contributed by atoms with Crippen molar-refractivity contribution in [1.82, 2.24) is 0 Å². The fraction of sp³-hybridized carbons (Fsp3) is 0.533. The largest absolute Gasteiger partial charge is 0.494 e. The Morgan fingerprint density at radius 2 is 2.20 bits per heavy atom. The standard InChI is InChI=1S/C15H24N2O3/c1-4-5-11(2)20-9-8-15(18)17-13-7-6-12(16)10-14(13)19-3/h6-7,10-11H,4-5,8-9,16H2,1-3H3,(H,17,18). The molecule has 0 fully saturated rings. The summed E-state index contributed by atoms with van der Waals surface area (Å²) >= 11 is 0. The topological polar surface area (TPSA) is 73.6 Å². The third-order valence-corrected chi connectivity index (χ3v) is 2.93. The zero-order chi connectivity index (χ0) is 15.0. The smallest absolute Gasteiger partial charge is 0.226 e. The lowest BCUT2D eigenvalue weighted by molar-refractivity contribution is -0.117. The minimum atomic E-state index is -0.100. The maximum absolute atomic E-state index is 11.8. The predicted molar refractivity (Wildman–Crippen MR) is 81.0 cm³/mol. The van der Waals surface area contributed by atoms with E-state index in [9.17, 15) is 4.79 Å². The molecule has 1 unspecified atom stereocenters. The molecule has 1 aromatic carbocycles. The van der Waals surface area contributed by atoms with E-state index >= 15 is 0 Å². The molecule has 1 rings (SSSR count). The molecule has 0 aromatic heterocycles. The van der Waals surface area contributed by atoms with Gasteiger partial charge in [-0.25, -0.2) is 0 Å². The molecule has 0 spiro atoms. The van der Waals surface area contributed by atoms with Gasteiger partial charge in [-0.3, -0.25) is 4.79 Å². The van der Waals surface area contributed by atoms with Gasteiger partial charge in [-0.1, -0.05) is 13.3 Å². The van der Waals surface area contributed by atoms with Gasteiger partial charge in [0.1, 0.15) is 5.75 Å². The number of amides is 1. The summed E-state index contributed by atoms with van der Waals surface area (Å²) in [5, 5.41) is 2.79.